The number of hydrogen-bond acceptors (Lipinski definition) is 18. The van der Waals surface area contributed by atoms with E-state index < -0.39 is 79.6 Å². The first kappa shape index (κ1) is 32.2. The quantitative estimate of drug-likeness (QED) is 0.145. The van der Waals surface area contributed by atoms with Crippen LogP contribution in [0.25, 0.3) is 11.2 Å². The lowest BCUT2D eigenvalue weighted by Crippen LogP contribution is -2.54. The molecular formula is C19H22F3N11O8P2S3. The minimum Gasteiger partial charge on any atom is -0.382 e. The molecule has 46 heavy (non-hydrogen) atoms. The van der Waals surface area contributed by atoms with E-state index in [0.29, 0.717) is 0 Å². The number of ether oxygens (including phenoxy) is 1. The number of fused-ring (bicyclic) bond motifs is 5. The molecule has 0 aliphatic carbocycles. The molecule has 0 radical (unpaired) electrons. The second kappa shape index (κ2) is 11.4. The smallest absolute Gasteiger partial charge is 0.382 e. The first-order valence-corrected chi connectivity index (χ1v) is 19.3. The number of halogens is 3. The number of nitrogens with two attached hydrogens (primary N) is 2. The third kappa shape index (κ3) is 5.53. The van der Waals surface area contributed by atoms with Crippen molar-refractivity contribution in [1.82, 2.24) is 35.0 Å². The summed E-state index contributed by atoms with van der Waals surface area (Å²) in [6.07, 6.45) is -7.78. The van der Waals surface area contributed by atoms with Gasteiger partial charge in [0.1, 0.15) is 35.8 Å². The summed E-state index contributed by atoms with van der Waals surface area (Å²) in [4.78, 5) is 30.4. The summed E-state index contributed by atoms with van der Waals surface area (Å²) < 4.78 is 103. The van der Waals surface area contributed by atoms with Crippen molar-refractivity contribution in [3.05, 3.63) is 23.0 Å². The van der Waals surface area contributed by atoms with E-state index in [0.717, 1.165) is 23.1 Å². The number of aromatic amines is 1. The van der Waals surface area contributed by atoms with Crippen molar-refractivity contribution in [2.45, 2.75) is 47.3 Å². The summed E-state index contributed by atoms with van der Waals surface area (Å²) in [5.41, 5.74) is 15.7. The van der Waals surface area contributed by atoms with E-state index in [9.17, 15) is 13.9 Å². The van der Waals surface area contributed by atoms with Gasteiger partial charge in [0, 0.05) is 0 Å². The second-order valence-electron chi connectivity index (χ2n) is 10.2. The Balaban J connectivity index is 1.20. The van der Waals surface area contributed by atoms with Gasteiger partial charge in [0.25, 0.3) is 5.56 Å². The molecule has 3 aromatic heterocycles. The average Bonchev–Trinajstić information content (AvgIpc) is 3.71. The normalized spacial score (nSPS) is 37.6. The fourth-order valence-corrected chi connectivity index (χ4v) is 9.81. The summed E-state index contributed by atoms with van der Waals surface area (Å²) in [5, 5.41) is -1.55. The molecule has 7 N–H and O–H groups in total. The van der Waals surface area contributed by atoms with Crippen molar-refractivity contribution >= 4 is 84.3 Å². The number of hydrogen-bond donors (Lipinski definition) is 7. The van der Waals surface area contributed by atoms with Gasteiger partial charge in [0.05, 0.1) is 24.8 Å². The summed E-state index contributed by atoms with van der Waals surface area (Å²) in [6.45, 7) is -10.9. The SMILES string of the molecule is Nc1nc2c(ncn2[C@@H]2S[C@@H]3COP(=O)(S)O[C@@H]4[C@@H](COP(=O)(S)O[C@@H]2[C@H]3F)O[C@@H](N2NNc3c(N)ncnc32)C4(F)F)c(=O)[nH]1. The van der Waals surface area contributed by atoms with Crippen LogP contribution in [0.2, 0.25) is 0 Å². The monoisotopic (exact) mass is 747 g/mol. The summed E-state index contributed by atoms with van der Waals surface area (Å²) >= 11 is 8.66. The van der Waals surface area contributed by atoms with Crippen LogP contribution < -0.4 is 33.0 Å². The average molecular weight is 748 g/mol. The summed E-state index contributed by atoms with van der Waals surface area (Å²) in [5.74, 6) is -4.42. The zero-order valence-corrected chi connectivity index (χ0v) is 26.9. The number of hydrazine groups is 2. The Morgan fingerprint density at radius 3 is 2.63 bits per heavy atom. The van der Waals surface area contributed by atoms with Gasteiger partial charge in [-0.05, 0) is 0 Å². The predicted octanol–water partition coefficient (Wildman–Crippen LogP) is 1.63. The van der Waals surface area contributed by atoms with Crippen LogP contribution in [-0.4, -0.2) is 84.6 Å². The molecule has 4 aliphatic rings. The highest BCUT2D eigenvalue weighted by Crippen LogP contribution is 2.63. The topological polar surface area (TPSA) is 249 Å². The molecule has 2 unspecified atom stereocenters. The number of aromatic nitrogens is 6. The minimum atomic E-state index is -4.68. The zero-order chi connectivity index (χ0) is 32.8. The van der Waals surface area contributed by atoms with Gasteiger partial charge in [-0.1, -0.05) is 24.5 Å². The van der Waals surface area contributed by atoms with Gasteiger partial charge in [0.2, 0.25) is 12.2 Å². The molecule has 3 fully saturated rings. The van der Waals surface area contributed by atoms with E-state index in [4.69, 9.17) is 34.3 Å². The highest BCUT2D eigenvalue weighted by atomic mass is 32.7. The number of thioether (sulfide) groups is 1. The Morgan fingerprint density at radius 2 is 1.85 bits per heavy atom. The third-order valence-electron chi connectivity index (χ3n) is 7.27. The van der Waals surface area contributed by atoms with E-state index in [1.54, 1.807) is 0 Å². The van der Waals surface area contributed by atoms with Crippen molar-refractivity contribution in [2.24, 2.45) is 0 Å². The van der Waals surface area contributed by atoms with Crippen molar-refractivity contribution in [3.63, 3.8) is 0 Å². The number of anilines is 4. The molecule has 9 atom stereocenters. The van der Waals surface area contributed by atoms with Crippen molar-refractivity contribution in [1.29, 1.82) is 0 Å². The third-order valence-corrected chi connectivity index (χ3v) is 12.0. The van der Waals surface area contributed by atoms with Gasteiger partial charge in [-0.3, -0.25) is 37.9 Å². The lowest BCUT2D eigenvalue weighted by Gasteiger charge is -2.30. The largest absolute Gasteiger partial charge is 0.386 e. The minimum absolute atomic E-state index is 0.0468. The van der Waals surface area contributed by atoms with Crippen LogP contribution in [0.1, 0.15) is 5.37 Å². The van der Waals surface area contributed by atoms with Gasteiger partial charge < -0.3 is 16.2 Å². The molecule has 4 aliphatic heterocycles. The molecule has 0 saturated carbocycles. The van der Waals surface area contributed by atoms with Crippen molar-refractivity contribution in [3.8, 4) is 0 Å². The Hall–Kier alpha value is -2.31. The van der Waals surface area contributed by atoms with Crippen LogP contribution >= 0.6 is 49.9 Å². The predicted molar refractivity (Wildman–Crippen MR) is 162 cm³/mol. The lowest BCUT2D eigenvalue weighted by atomic mass is 10.1. The Bertz CT molecular complexity index is 1860. The zero-order valence-electron chi connectivity index (χ0n) is 22.5. The van der Waals surface area contributed by atoms with Gasteiger partial charge in [0.15, 0.2) is 28.9 Å². The maximum Gasteiger partial charge on any atom is 0.386 e. The van der Waals surface area contributed by atoms with Gasteiger partial charge >= 0.3 is 19.5 Å². The molecule has 2 bridgehead atoms. The molecule has 19 nitrogen and oxygen atoms in total. The van der Waals surface area contributed by atoms with Crippen LogP contribution in [0.4, 0.5) is 36.4 Å². The van der Waals surface area contributed by atoms with E-state index in [-0.39, 0.29) is 34.4 Å². The molecule has 3 aromatic rings. The molecule has 7 heterocycles. The number of rotatable bonds is 2. The molecule has 27 heteroatoms. The highest BCUT2D eigenvalue weighted by molar-refractivity contribution is 8.44. The number of nitrogens with zero attached hydrogens (tertiary/aromatic N) is 6. The van der Waals surface area contributed by atoms with E-state index in [1.165, 1.54) is 10.9 Å². The lowest BCUT2D eigenvalue weighted by molar-refractivity contribution is -0.108. The number of imidazole rings is 1. The summed E-state index contributed by atoms with van der Waals surface area (Å²) in [7, 11) is 0. The second-order valence-corrected chi connectivity index (χ2v) is 17.3. The van der Waals surface area contributed by atoms with Crippen LogP contribution in [0, 0.1) is 0 Å². The first-order chi connectivity index (χ1) is 21.6. The fraction of sp³-hybridized carbons (Fsp3) is 0.526. The fourth-order valence-electron chi connectivity index (χ4n) is 5.23. The van der Waals surface area contributed by atoms with Crippen LogP contribution in [0.3, 0.4) is 0 Å². The van der Waals surface area contributed by atoms with Crippen molar-refractivity contribution in [2.75, 3.05) is 35.1 Å². The molecular weight excluding hydrogens is 725 g/mol. The summed E-state index contributed by atoms with van der Waals surface area (Å²) in [6, 6.07) is 0. The van der Waals surface area contributed by atoms with Crippen LogP contribution in [0.15, 0.2) is 17.4 Å². The Morgan fingerprint density at radius 1 is 1.11 bits per heavy atom. The molecule has 0 spiro atoms. The van der Waals surface area contributed by atoms with Crippen molar-refractivity contribution < 1.29 is 45.1 Å². The van der Waals surface area contributed by atoms with Crippen LogP contribution in [0.5, 0.6) is 0 Å². The number of nitrogens with one attached hydrogen (secondary N) is 3. The number of H-pyrrole nitrogens is 1. The molecule has 250 valence electrons. The maximum absolute atomic E-state index is 16.0. The highest BCUT2D eigenvalue weighted by Gasteiger charge is 2.65. The molecule has 7 rings (SSSR count). The van der Waals surface area contributed by atoms with Crippen LogP contribution in [-0.2, 0) is 32.0 Å². The maximum atomic E-state index is 16.0. The molecule has 3 saturated heterocycles. The number of thiol groups is 2. The van der Waals surface area contributed by atoms with E-state index >= 15 is 13.2 Å². The first-order valence-electron chi connectivity index (χ1n) is 12.9. The number of alkyl halides is 3. The Kier molecular flexibility index (Phi) is 7.99. The van der Waals surface area contributed by atoms with E-state index in [1.807, 2.05) is 0 Å². The number of nitrogen functional groups attached to an aromatic ring is 2. The standard InChI is InChI=1S/C19H22F3N11O8P2S3/c20-7-6-2-38-43(36,45)41-11-5(39-17(19(11,21)22)33-13-8(30-31-33)12(23)25-3-26-13)1-37-42(35,44)40-10(7)16(46-6)32-4-27-9-14(32)28-18(24)29-15(9)34/h3-7,10-11,16-17,30-31H,1-2H2,(H,35,44)(H,36,45)(H2,23,25,26)(H3,24,28,29,34)/t5-,6-,7+,10-,11-,16-,17-,42?,43?/m1/s1. The Labute approximate surface area is 269 Å². The van der Waals surface area contributed by atoms with Gasteiger partial charge in [-0.2, -0.15) is 13.8 Å². The molecule has 0 aromatic carbocycles. The molecule has 0 amide bonds. The van der Waals surface area contributed by atoms with Gasteiger partial charge in [-0.15, -0.1) is 17.3 Å². The van der Waals surface area contributed by atoms with Gasteiger partial charge in [-0.25, -0.2) is 33.5 Å². The van der Waals surface area contributed by atoms with E-state index in [2.05, 4.69) is 60.4 Å².